The second kappa shape index (κ2) is 6.70. The second-order valence-electron chi connectivity index (χ2n) is 5.07. The van der Waals surface area contributed by atoms with Gasteiger partial charge in [-0.25, -0.2) is 9.78 Å². The van der Waals surface area contributed by atoms with Gasteiger partial charge in [0.2, 0.25) is 17.1 Å². The highest BCUT2D eigenvalue weighted by atomic mass is 35.5. The molecule has 0 atom stereocenters. The molecule has 128 valence electrons. The van der Waals surface area contributed by atoms with Gasteiger partial charge >= 0.3 is 5.97 Å². The molecule has 3 rings (SSSR count). The van der Waals surface area contributed by atoms with Gasteiger partial charge in [0.1, 0.15) is 12.1 Å². The summed E-state index contributed by atoms with van der Waals surface area (Å²) in [5.41, 5.74) is 0.0746. The zero-order valence-corrected chi connectivity index (χ0v) is 14.3. The van der Waals surface area contributed by atoms with E-state index in [1.807, 2.05) is 0 Å². The molecule has 0 saturated carbocycles. The Kier molecular flexibility index (Phi) is 4.61. The van der Waals surface area contributed by atoms with E-state index in [1.54, 1.807) is 0 Å². The first-order valence-corrected chi connectivity index (χ1v) is 7.77. The summed E-state index contributed by atoms with van der Waals surface area (Å²) < 4.78 is 10.4. The van der Waals surface area contributed by atoms with Crippen LogP contribution in [0, 0.1) is 5.21 Å². The number of ether oxygens (including phenoxy) is 1. The molecule has 2 aromatic heterocycles. The van der Waals surface area contributed by atoms with Crippen molar-refractivity contribution in [2.45, 2.75) is 13.5 Å². The number of benzene rings is 1. The fourth-order valence-corrected chi connectivity index (χ4v) is 2.58. The molecular weight excluding hydrogens is 371 g/mol. The fraction of sp³-hybridized carbons (Fsp3) is 0.125. The van der Waals surface area contributed by atoms with Crippen LogP contribution in [0.3, 0.4) is 0 Å². The second-order valence-corrected chi connectivity index (χ2v) is 5.88. The van der Waals surface area contributed by atoms with E-state index in [9.17, 15) is 14.8 Å². The maximum absolute atomic E-state index is 12.5. The van der Waals surface area contributed by atoms with Gasteiger partial charge in [-0.3, -0.25) is 4.79 Å². The third-order valence-electron chi connectivity index (χ3n) is 3.36. The number of carbonyl (C=O) groups is 2. The molecule has 0 unspecified atom stereocenters. The molecule has 0 aliphatic rings. The Morgan fingerprint density at radius 3 is 2.68 bits per heavy atom. The van der Waals surface area contributed by atoms with Crippen LogP contribution < -0.4 is 4.73 Å². The third kappa shape index (κ3) is 3.29. The molecule has 0 N–H and O–H groups in total. The van der Waals surface area contributed by atoms with E-state index in [1.165, 1.54) is 37.5 Å². The van der Waals surface area contributed by atoms with Gasteiger partial charge in [0.25, 0.3) is 5.69 Å². The number of aromatic nitrogens is 2. The van der Waals surface area contributed by atoms with E-state index in [2.05, 4.69) is 4.98 Å². The van der Waals surface area contributed by atoms with Crippen molar-refractivity contribution in [3.8, 4) is 0 Å². The Labute approximate surface area is 151 Å². The summed E-state index contributed by atoms with van der Waals surface area (Å²) in [6, 6.07) is 5.68. The van der Waals surface area contributed by atoms with Crippen LogP contribution in [0.1, 0.15) is 33.7 Å². The first-order chi connectivity index (χ1) is 11.9. The fourth-order valence-electron chi connectivity index (χ4n) is 2.26. The number of Topliss-reactive ketones (excluding diaryl/α,β-unsaturated/α-hetero) is 1. The number of halogens is 2. The Bertz CT molecular complexity index is 986. The molecule has 0 bridgehead atoms. The van der Waals surface area contributed by atoms with E-state index in [0.717, 1.165) is 0 Å². The van der Waals surface area contributed by atoms with Crippen LogP contribution in [0.25, 0.3) is 11.0 Å². The Balaban J connectivity index is 2.04. The highest BCUT2D eigenvalue weighted by molar-refractivity contribution is 6.42. The van der Waals surface area contributed by atoms with Crippen molar-refractivity contribution in [3.05, 3.63) is 62.9 Å². The van der Waals surface area contributed by atoms with Crippen molar-refractivity contribution >= 4 is 46.0 Å². The van der Waals surface area contributed by atoms with Crippen molar-refractivity contribution in [1.82, 2.24) is 4.98 Å². The number of esters is 1. The number of hydrogen-bond donors (Lipinski definition) is 0. The average Bonchev–Trinajstić information content (AvgIpc) is 3.08. The minimum Gasteiger partial charge on any atom is -0.618 e. The smallest absolute Gasteiger partial charge is 0.374 e. The summed E-state index contributed by atoms with van der Waals surface area (Å²) in [7, 11) is 0. The highest BCUT2D eigenvalue weighted by Gasteiger charge is 2.25. The zero-order chi connectivity index (χ0) is 18.1. The number of hydrogen-bond acceptors (Lipinski definition) is 6. The lowest BCUT2D eigenvalue weighted by Crippen LogP contribution is -2.37. The predicted molar refractivity (Wildman–Crippen MR) is 88.6 cm³/mol. The van der Waals surface area contributed by atoms with Gasteiger partial charge in [0.05, 0.1) is 16.3 Å². The molecule has 2 heterocycles. The molecule has 9 heteroatoms. The molecule has 1 aromatic carbocycles. The van der Waals surface area contributed by atoms with E-state index < -0.39 is 11.8 Å². The molecule has 0 spiro atoms. The molecule has 0 aliphatic carbocycles. The number of fused-ring (bicyclic) bond motifs is 1. The molecule has 0 amide bonds. The molecule has 0 saturated heterocycles. The van der Waals surface area contributed by atoms with Gasteiger partial charge in [-0.15, -0.1) is 0 Å². The van der Waals surface area contributed by atoms with Gasteiger partial charge < -0.3 is 14.4 Å². The first kappa shape index (κ1) is 17.2. The van der Waals surface area contributed by atoms with Crippen LogP contribution in [0.5, 0.6) is 0 Å². The summed E-state index contributed by atoms with van der Waals surface area (Å²) in [6.45, 7) is 0.833. The van der Waals surface area contributed by atoms with E-state index in [-0.39, 0.29) is 44.8 Å². The number of ketones is 1. The maximum atomic E-state index is 12.5. The van der Waals surface area contributed by atoms with Crippen LogP contribution in [0.15, 0.2) is 34.9 Å². The minimum absolute atomic E-state index is 0.00464. The molecule has 0 radical (unpaired) electrons. The summed E-state index contributed by atoms with van der Waals surface area (Å²) in [5.74, 6) is -1.28. The lowest BCUT2D eigenvalue weighted by molar-refractivity contribution is -0.580. The van der Waals surface area contributed by atoms with Crippen molar-refractivity contribution < 1.29 is 23.5 Å². The van der Waals surface area contributed by atoms with Crippen LogP contribution in [-0.4, -0.2) is 16.7 Å². The normalized spacial score (nSPS) is 10.8. The quantitative estimate of drug-likeness (QED) is 0.298. The van der Waals surface area contributed by atoms with Crippen molar-refractivity contribution in [2.24, 2.45) is 0 Å². The lowest BCUT2D eigenvalue weighted by Gasteiger charge is -2.11. The van der Waals surface area contributed by atoms with Crippen molar-refractivity contribution in [2.75, 3.05) is 0 Å². The van der Waals surface area contributed by atoms with Gasteiger partial charge in [0, 0.05) is 13.0 Å². The molecular formula is C16H10Cl2N2O5. The standard InChI is InChI=1S/C16H10Cl2N2O5/c1-8(21)15-12(7-25-16(22)14-3-2-4-24-14)19-11-5-9(17)10(18)6-13(11)20(15)23/h2-6H,7H2,1H3. The SMILES string of the molecule is CC(=O)c1c(COC(=O)c2ccco2)nc2cc(Cl)c(Cl)cc2[n+]1[O-]. The molecule has 0 aliphatic heterocycles. The summed E-state index contributed by atoms with van der Waals surface area (Å²) in [6.07, 6.45) is 1.32. The van der Waals surface area contributed by atoms with Crippen LogP contribution in [0.2, 0.25) is 10.0 Å². The maximum Gasteiger partial charge on any atom is 0.374 e. The monoisotopic (exact) mass is 380 g/mol. The predicted octanol–water partition coefficient (Wildman–Crippen LogP) is 3.33. The van der Waals surface area contributed by atoms with Gasteiger partial charge in [0.15, 0.2) is 5.69 Å². The zero-order valence-electron chi connectivity index (χ0n) is 12.8. The van der Waals surface area contributed by atoms with Crippen LogP contribution >= 0.6 is 23.2 Å². The minimum atomic E-state index is -0.743. The first-order valence-electron chi connectivity index (χ1n) is 7.01. The lowest BCUT2D eigenvalue weighted by atomic mass is 10.2. The highest BCUT2D eigenvalue weighted by Crippen LogP contribution is 2.26. The van der Waals surface area contributed by atoms with E-state index in [0.29, 0.717) is 4.73 Å². The topological polar surface area (TPSA) is 96.3 Å². The molecule has 7 nitrogen and oxygen atoms in total. The number of furan rings is 1. The summed E-state index contributed by atoms with van der Waals surface area (Å²) >= 11 is 11.9. The largest absolute Gasteiger partial charge is 0.618 e. The summed E-state index contributed by atoms with van der Waals surface area (Å²) in [4.78, 5) is 28.0. The van der Waals surface area contributed by atoms with Crippen molar-refractivity contribution in [1.29, 1.82) is 0 Å². The van der Waals surface area contributed by atoms with Crippen LogP contribution in [0.4, 0.5) is 0 Å². The van der Waals surface area contributed by atoms with Gasteiger partial charge in [-0.05, 0) is 18.2 Å². The summed E-state index contributed by atoms with van der Waals surface area (Å²) in [5, 5.41) is 12.9. The molecule has 25 heavy (non-hydrogen) atoms. The van der Waals surface area contributed by atoms with Crippen molar-refractivity contribution in [3.63, 3.8) is 0 Å². The average molecular weight is 381 g/mol. The van der Waals surface area contributed by atoms with E-state index in [4.69, 9.17) is 32.4 Å². The number of nitrogens with zero attached hydrogens (tertiary/aromatic N) is 2. The third-order valence-corrected chi connectivity index (χ3v) is 4.09. The van der Waals surface area contributed by atoms with Crippen LogP contribution in [-0.2, 0) is 11.3 Å². The van der Waals surface area contributed by atoms with Gasteiger partial charge in [-0.1, -0.05) is 23.2 Å². The Morgan fingerprint density at radius 1 is 1.32 bits per heavy atom. The number of rotatable bonds is 4. The Hall–Kier alpha value is -2.64. The Morgan fingerprint density at radius 2 is 2.04 bits per heavy atom. The number of carbonyl (C=O) groups excluding carboxylic acids is 2. The molecule has 3 aromatic rings. The van der Waals surface area contributed by atoms with E-state index >= 15 is 0 Å². The molecule has 0 fully saturated rings. The van der Waals surface area contributed by atoms with Gasteiger partial charge in [-0.2, -0.15) is 4.73 Å².